The van der Waals surface area contributed by atoms with Crippen LogP contribution in [-0.4, -0.2) is 64.5 Å². The van der Waals surface area contributed by atoms with Gasteiger partial charge in [-0.05, 0) is 63.8 Å². The van der Waals surface area contributed by atoms with E-state index in [2.05, 4.69) is 44.9 Å². The Balaban J connectivity index is 0.00000306. The van der Waals surface area contributed by atoms with Gasteiger partial charge in [-0.25, -0.2) is 4.99 Å². The van der Waals surface area contributed by atoms with Crippen LogP contribution in [0.1, 0.15) is 49.3 Å². The molecule has 4 rings (SSSR count). The number of aryl methyl sites for hydroxylation is 1. The maximum absolute atomic E-state index is 5.26. The van der Waals surface area contributed by atoms with Crippen molar-refractivity contribution >= 4 is 29.9 Å². The van der Waals surface area contributed by atoms with Gasteiger partial charge in [0.15, 0.2) is 11.8 Å². The van der Waals surface area contributed by atoms with Gasteiger partial charge in [0.2, 0.25) is 0 Å². The van der Waals surface area contributed by atoms with Crippen LogP contribution >= 0.6 is 24.0 Å². The van der Waals surface area contributed by atoms with Crippen LogP contribution in [-0.2, 0) is 20.0 Å². The van der Waals surface area contributed by atoms with Crippen molar-refractivity contribution in [2.45, 2.75) is 70.1 Å². The molecule has 2 aliphatic heterocycles. The molecule has 9 heteroatoms. The fourth-order valence-electron chi connectivity index (χ4n) is 4.94. The van der Waals surface area contributed by atoms with Gasteiger partial charge in [-0.1, -0.05) is 18.6 Å². The number of methoxy groups -OCH3 is 1. The standard InChI is InChI=1S/C24H37N7O.HI/c1-17-28-29-23(30(17)2)16-26-24(25-13-12-18-8-10-22(32-4)11-9-18)27-19-14-20-6-5-7-21(15-19)31(20)3;/h8-11,19-21H,5-7,12-16H2,1-4H3,(H2,25,26,27);1H. The molecule has 2 aliphatic rings. The van der Waals surface area contributed by atoms with Gasteiger partial charge < -0.3 is 24.8 Å². The van der Waals surface area contributed by atoms with Crippen LogP contribution in [0.3, 0.4) is 0 Å². The molecule has 33 heavy (non-hydrogen) atoms. The largest absolute Gasteiger partial charge is 0.497 e. The van der Waals surface area contributed by atoms with Crippen LogP contribution in [0.25, 0.3) is 0 Å². The summed E-state index contributed by atoms with van der Waals surface area (Å²) in [6, 6.07) is 10.1. The summed E-state index contributed by atoms with van der Waals surface area (Å²) in [4.78, 5) is 7.47. The first kappa shape index (κ1) is 25.7. The molecule has 0 amide bonds. The highest BCUT2D eigenvalue weighted by atomic mass is 127. The lowest BCUT2D eigenvalue weighted by atomic mass is 9.82. The Hall–Kier alpha value is -1.88. The Morgan fingerprint density at radius 3 is 2.42 bits per heavy atom. The number of aliphatic imine (C=N–C) groups is 1. The number of hydrogen-bond donors (Lipinski definition) is 2. The molecule has 0 spiro atoms. The highest BCUT2D eigenvalue weighted by molar-refractivity contribution is 14.0. The monoisotopic (exact) mass is 567 g/mol. The smallest absolute Gasteiger partial charge is 0.191 e. The third-order valence-corrected chi connectivity index (χ3v) is 7.11. The molecule has 2 N–H and O–H groups in total. The van der Waals surface area contributed by atoms with Gasteiger partial charge in [-0.2, -0.15) is 0 Å². The molecule has 182 valence electrons. The summed E-state index contributed by atoms with van der Waals surface area (Å²) in [5.74, 6) is 3.53. The Kier molecular flexibility index (Phi) is 9.37. The average Bonchev–Trinajstić information content (AvgIpc) is 3.10. The lowest BCUT2D eigenvalue weighted by Crippen LogP contribution is -2.56. The van der Waals surface area contributed by atoms with Crippen molar-refractivity contribution in [3.63, 3.8) is 0 Å². The van der Waals surface area contributed by atoms with E-state index in [1.807, 2.05) is 30.7 Å². The zero-order chi connectivity index (χ0) is 22.5. The van der Waals surface area contributed by atoms with Crippen molar-refractivity contribution in [3.05, 3.63) is 41.5 Å². The number of aromatic nitrogens is 3. The van der Waals surface area contributed by atoms with Gasteiger partial charge in [-0.15, -0.1) is 34.2 Å². The molecule has 1 aromatic heterocycles. The second kappa shape index (κ2) is 12.0. The van der Waals surface area contributed by atoms with Crippen LogP contribution in [0.5, 0.6) is 5.75 Å². The summed E-state index contributed by atoms with van der Waals surface area (Å²) in [6.07, 6.45) is 7.25. The van der Waals surface area contributed by atoms with E-state index in [0.29, 0.717) is 24.7 Å². The van der Waals surface area contributed by atoms with E-state index >= 15 is 0 Å². The van der Waals surface area contributed by atoms with Gasteiger partial charge in [0.1, 0.15) is 18.1 Å². The minimum absolute atomic E-state index is 0. The quantitative estimate of drug-likeness (QED) is 0.304. The Morgan fingerprint density at radius 1 is 1.12 bits per heavy atom. The van der Waals surface area contributed by atoms with Crippen LogP contribution < -0.4 is 15.4 Å². The third kappa shape index (κ3) is 6.59. The Labute approximate surface area is 214 Å². The van der Waals surface area contributed by atoms with Gasteiger partial charge in [0.05, 0.1) is 7.11 Å². The van der Waals surface area contributed by atoms with E-state index in [9.17, 15) is 0 Å². The highest BCUT2D eigenvalue weighted by Crippen LogP contribution is 2.32. The first-order valence-electron chi connectivity index (χ1n) is 11.8. The van der Waals surface area contributed by atoms with E-state index < -0.39 is 0 Å². The Bertz CT molecular complexity index is 900. The first-order chi connectivity index (χ1) is 15.5. The summed E-state index contributed by atoms with van der Waals surface area (Å²) < 4.78 is 7.26. The number of nitrogens with one attached hydrogen (secondary N) is 2. The fraction of sp³-hybridized carbons (Fsp3) is 0.625. The number of benzene rings is 1. The molecule has 3 heterocycles. The maximum Gasteiger partial charge on any atom is 0.191 e. The van der Waals surface area contributed by atoms with Crippen molar-refractivity contribution in [2.75, 3.05) is 20.7 Å². The Morgan fingerprint density at radius 2 is 1.82 bits per heavy atom. The number of piperidine rings is 2. The van der Waals surface area contributed by atoms with Crippen molar-refractivity contribution in [1.82, 2.24) is 30.3 Å². The summed E-state index contributed by atoms with van der Waals surface area (Å²) in [5, 5.41) is 15.7. The molecule has 2 fully saturated rings. The van der Waals surface area contributed by atoms with Crippen molar-refractivity contribution < 1.29 is 4.74 Å². The minimum Gasteiger partial charge on any atom is -0.497 e. The zero-order valence-electron chi connectivity index (χ0n) is 20.3. The zero-order valence-corrected chi connectivity index (χ0v) is 22.6. The SMILES string of the molecule is COc1ccc(CCNC(=NCc2nnc(C)n2C)NC2CC3CCCC(C2)N3C)cc1.I. The van der Waals surface area contributed by atoms with Gasteiger partial charge >= 0.3 is 0 Å². The van der Waals surface area contributed by atoms with Gasteiger partial charge in [0.25, 0.3) is 0 Å². The van der Waals surface area contributed by atoms with E-state index in [1.165, 1.54) is 37.7 Å². The third-order valence-electron chi connectivity index (χ3n) is 7.11. The number of fused-ring (bicyclic) bond motifs is 2. The highest BCUT2D eigenvalue weighted by Gasteiger charge is 2.36. The number of hydrogen-bond acceptors (Lipinski definition) is 5. The second-order valence-electron chi connectivity index (χ2n) is 9.13. The van der Waals surface area contributed by atoms with Crippen LogP contribution in [0.4, 0.5) is 0 Å². The molecule has 2 saturated heterocycles. The molecule has 2 atom stereocenters. The number of halogens is 1. The predicted octanol–water partition coefficient (Wildman–Crippen LogP) is 3.04. The molecule has 0 saturated carbocycles. The van der Waals surface area contributed by atoms with Crippen LogP contribution in [0.2, 0.25) is 0 Å². The average molecular weight is 568 g/mol. The van der Waals surface area contributed by atoms with Crippen molar-refractivity contribution in [3.8, 4) is 5.75 Å². The molecular weight excluding hydrogens is 529 g/mol. The number of rotatable bonds is 7. The first-order valence-corrected chi connectivity index (χ1v) is 11.8. The van der Waals surface area contributed by atoms with E-state index in [4.69, 9.17) is 9.73 Å². The number of guanidine groups is 1. The molecular formula is C24H38IN7O. The topological polar surface area (TPSA) is 79.6 Å². The molecule has 2 unspecified atom stereocenters. The number of nitrogens with zero attached hydrogens (tertiary/aromatic N) is 5. The normalized spacial score (nSPS) is 23.0. The van der Waals surface area contributed by atoms with E-state index in [0.717, 1.165) is 36.3 Å². The summed E-state index contributed by atoms with van der Waals surface area (Å²) >= 11 is 0. The van der Waals surface area contributed by atoms with Gasteiger partial charge in [-0.3, -0.25) is 0 Å². The molecule has 0 aliphatic carbocycles. The summed E-state index contributed by atoms with van der Waals surface area (Å²) in [7, 11) is 5.98. The maximum atomic E-state index is 5.26. The van der Waals surface area contributed by atoms with Crippen molar-refractivity contribution in [1.29, 1.82) is 0 Å². The van der Waals surface area contributed by atoms with E-state index in [1.54, 1.807) is 7.11 Å². The molecule has 2 aromatic rings. The lowest BCUT2D eigenvalue weighted by Gasteiger charge is -2.47. The van der Waals surface area contributed by atoms with Crippen molar-refractivity contribution in [2.24, 2.45) is 12.0 Å². The summed E-state index contributed by atoms with van der Waals surface area (Å²) in [6.45, 7) is 3.29. The van der Waals surface area contributed by atoms with Crippen LogP contribution in [0, 0.1) is 6.92 Å². The molecule has 1 aromatic carbocycles. The van der Waals surface area contributed by atoms with Crippen LogP contribution in [0.15, 0.2) is 29.3 Å². The molecule has 0 radical (unpaired) electrons. The fourth-order valence-corrected chi connectivity index (χ4v) is 4.94. The lowest BCUT2D eigenvalue weighted by molar-refractivity contribution is 0.0526. The predicted molar refractivity (Wildman–Crippen MR) is 142 cm³/mol. The number of ether oxygens (including phenoxy) is 1. The second-order valence-corrected chi connectivity index (χ2v) is 9.13. The summed E-state index contributed by atoms with van der Waals surface area (Å²) in [5.41, 5.74) is 1.27. The molecule has 8 nitrogen and oxygen atoms in total. The minimum atomic E-state index is 0. The molecule has 2 bridgehead atoms. The van der Waals surface area contributed by atoms with E-state index in [-0.39, 0.29) is 24.0 Å². The van der Waals surface area contributed by atoms with Gasteiger partial charge in [0, 0.05) is 31.7 Å².